The first kappa shape index (κ1) is 15.5. The maximum Gasteiger partial charge on any atom is 0.339 e. The summed E-state index contributed by atoms with van der Waals surface area (Å²) >= 11 is 5.83. The van der Waals surface area contributed by atoms with Gasteiger partial charge >= 0.3 is 5.97 Å². The molecule has 1 heterocycles. The second-order valence-corrected chi connectivity index (χ2v) is 4.59. The molecule has 0 amide bonds. The molecule has 1 aromatic heterocycles. The normalized spacial score (nSPS) is 10.4. The number of carbonyl (C=O) groups excluding carboxylic acids is 1. The minimum Gasteiger partial charge on any atom is -0.449 e. The third-order valence-electron chi connectivity index (χ3n) is 2.80. The molecule has 0 fully saturated rings. The van der Waals surface area contributed by atoms with E-state index < -0.39 is 5.97 Å². The molecule has 0 atom stereocenters. The molecule has 22 heavy (non-hydrogen) atoms. The van der Waals surface area contributed by atoms with E-state index in [2.05, 4.69) is 16.1 Å². The molecule has 6 heteroatoms. The number of hydrogen-bond acceptors (Lipinski definition) is 5. The molecular formula is C16H11ClN2O3. The van der Waals surface area contributed by atoms with Crippen LogP contribution in [0, 0.1) is 12.3 Å². The summed E-state index contributed by atoms with van der Waals surface area (Å²) in [6.45, 7) is -0.0893. The van der Waals surface area contributed by atoms with E-state index in [-0.39, 0.29) is 11.8 Å². The van der Waals surface area contributed by atoms with Crippen LogP contribution >= 0.6 is 11.6 Å². The largest absolute Gasteiger partial charge is 0.449 e. The molecule has 0 spiro atoms. The van der Waals surface area contributed by atoms with Gasteiger partial charge in [-0.3, -0.25) is 0 Å². The Labute approximate surface area is 132 Å². The first-order valence-electron chi connectivity index (χ1n) is 6.19. The molecule has 5 nitrogen and oxygen atoms in total. The highest BCUT2D eigenvalue weighted by molar-refractivity contribution is 6.29. The summed E-state index contributed by atoms with van der Waals surface area (Å²) in [5.74, 6) is 1.72. The number of benzene rings is 1. The number of halogens is 1. The lowest BCUT2D eigenvalue weighted by Gasteiger charge is -2.08. The summed E-state index contributed by atoms with van der Waals surface area (Å²) in [6.07, 6.45) is 7.83. The van der Waals surface area contributed by atoms with Crippen LogP contribution in [0.25, 0.3) is 11.1 Å². The van der Waals surface area contributed by atoms with Gasteiger partial charge in [-0.25, -0.2) is 9.78 Å². The number of oxime groups is 1. The zero-order valence-electron chi connectivity index (χ0n) is 11.4. The zero-order chi connectivity index (χ0) is 15.9. The van der Waals surface area contributed by atoms with Crippen molar-refractivity contribution in [2.24, 2.45) is 5.16 Å². The highest BCUT2D eigenvalue weighted by Gasteiger charge is 2.11. The van der Waals surface area contributed by atoms with Crippen LogP contribution in [-0.4, -0.2) is 29.0 Å². The maximum absolute atomic E-state index is 11.8. The van der Waals surface area contributed by atoms with E-state index >= 15 is 0 Å². The minimum atomic E-state index is -0.515. The molecule has 0 radical (unpaired) electrons. The van der Waals surface area contributed by atoms with Crippen molar-refractivity contribution in [3.63, 3.8) is 0 Å². The molecule has 0 aliphatic carbocycles. The smallest absolute Gasteiger partial charge is 0.339 e. The lowest BCUT2D eigenvalue weighted by Crippen LogP contribution is -2.05. The topological polar surface area (TPSA) is 71.8 Å². The van der Waals surface area contributed by atoms with Crippen LogP contribution in [0.4, 0.5) is 0 Å². The SMILES string of the molecule is C#CCOC(=O)c1cccc(-c2cnc(Cl)cc2C=NO)c1. The third-order valence-corrected chi connectivity index (χ3v) is 3.00. The number of pyridine rings is 1. The van der Waals surface area contributed by atoms with Gasteiger partial charge in [0.2, 0.25) is 0 Å². The number of hydrogen-bond donors (Lipinski definition) is 1. The fraction of sp³-hybridized carbons (Fsp3) is 0.0625. The van der Waals surface area contributed by atoms with Crippen molar-refractivity contribution < 1.29 is 14.7 Å². The van der Waals surface area contributed by atoms with Crippen LogP contribution in [0.15, 0.2) is 41.7 Å². The Balaban J connectivity index is 2.42. The molecule has 0 aliphatic heterocycles. The van der Waals surface area contributed by atoms with E-state index in [0.29, 0.717) is 22.3 Å². The zero-order valence-corrected chi connectivity index (χ0v) is 12.1. The van der Waals surface area contributed by atoms with Crippen molar-refractivity contribution >= 4 is 23.8 Å². The number of ether oxygens (including phenoxy) is 1. The van der Waals surface area contributed by atoms with E-state index in [0.717, 1.165) is 0 Å². The number of rotatable bonds is 4. The van der Waals surface area contributed by atoms with Crippen LogP contribution < -0.4 is 0 Å². The quantitative estimate of drug-likeness (QED) is 0.235. The van der Waals surface area contributed by atoms with Gasteiger partial charge in [-0.05, 0) is 23.8 Å². The van der Waals surface area contributed by atoms with Crippen LogP contribution in [0.5, 0.6) is 0 Å². The third kappa shape index (κ3) is 3.62. The Morgan fingerprint density at radius 3 is 3.05 bits per heavy atom. The van der Waals surface area contributed by atoms with Crippen LogP contribution in [0.1, 0.15) is 15.9 Å². The van der Waals surface area contributed by atoms with Gasteiger partial charge in [0, 0.05) is 17.3 Å². The number of esters is 1. The predicted molar refractivity (Wildman–Crippen MR) is 83.2 cm³/mol. The van der Waals surface area contributed by atoms with E-state index in [1.807, 2.05) is 0 Å². The highest BCUT2D eigenvalue weighted by atomic mass is 35.5. The maximum atomic E-state index is 11.8. The summed E-state index contributed by atoms with van der Waals surface area (Å²) in [6, 6.07) is 8.30. The standard InChI is InChI=1S/C16H11ClN2O3/c1-2-6-22-16(20)12-5-3-4-11(7-12)14-10-18-15(17)8-13(14)9-19-21/h1,3-5,7-10,21H,6H2. The van der Waals surface area contributed by atoms with E-state index in [4.69, 9.17) is 28.0 Å². The number of nitrogens with zero attached hydrogens (tertiary/aromatic N) is 2. The van der Waals surface area contributed by atoms with Gasteiger partial charge in [-0.2, -0.15) is 0 Å². The molecule has 0 saturated heterocycles. The molecule has 110 valence electrons. The van der Waals surface area contributed by atoms with Crippen LogP contribution in [0.3, 0.4) is 0 Å². The van der Waals surface area contributed by atoms with E-state index in [1.165, 1.54) is 12.4 Å². The van der Waals surface area contributed by atoms with Gasteiger partial charge in [0.15, 0.2) is 6.61 Å². The number of terminal acetylenes is 1. The molecule has 2 aromatic rings. The number of carbonyl (C=O) groups is 1. The molecule has 2 rings (SSSR count). The van der Waals surface area contributed by atoms with E-state index in [1.54, 1.807) is 30.3 Å². The summed E-state index contributed by atoms with van der Waals surface area (Å²) in [5, 5.41) is 12.0. The average Bonchev–Trinajstić information content (AvgIpc) is 2.53. The van der Waals surface area contributed by atoms with Crippen molar-refractivity contribution in [2.45, 2.75) is 0 Å². The van der Waals surface area contributed by atoms with Crippen molar-refractivity contribution in [1.29, 1.82) is 0 Å². The summed E-state index contributed by atoms with van der Waals surface area (Å²) in [5.41, 5.74) is 2.29. The van der Waals surface area contributed by atoms with Crippen LogP contribution in [-0.2, 0) is 4.74 Å². The first-order valence-corrected chi connectivity index (χ1v) is 6.57. The van der Waals surface area contributed by atoms with Gasteiger partial charge in [-0.15, -0.1) is 6.42 Å². The number of aromatic nitrogens is 1. The van der Waals surface area contributed by atoms with Crippen molar-refractivity contribution in [3.8, 4) is 23.5 Å². The molecular weight excluding hydrogens is 304 g/mol. The van der Waals surface area contributed by atoms with Crippen LogP contribution in [0.2, 0.25) is 5.15 Å². The predicted octanol–water partition coefficient (Wildman–Crippen LogP) is 3.00. The lowest BCUT2D eigenvalue weighted by molar-refractivity contribution is 0.0557. The van der Waals surface area contributed by atoms with Crippen molar-refractivity contribution in [2.75, 3.05) is 6.61 Å². The van der Waals surface area contributed by atoms with E-state index in [9.17, 15) is 4.79 Å². The fourth-order valence-electron chi connectivity index (χ4n) is 1.86. The van der Waals surface area contributed by atoms with Gasteiger partial charge < -0.3 is 9.94 Å². The second kappa shape index (κ2) is 7.25. The minimum absolute atomic E-state index is 0.0893. The average molecular weight is 315 g/mol. The second-order valence-electron chi connectivity index (χ2n) is 4.20. The summed E-state index contributed by atoms with van der Waals surface area (Å²) in [4.78, 5) is 15.8. The monoisotopic (exact) mass is 314 g/mol. The Morgan fingerprint density at radius 1 is 1.50 bits per heavy atom. The van der Waals surface area contributed by atoms with Gasteiger partial charge in [-0.1, -0.05) is 34.8 Å². The van der Waals surface area contributed by atoms with Gasteiger partial charge in [0.1, 0.15) is 5.15 Å². The van der Waals surface area contributed by atoms with Crippen molar-refractivity contribution in [1.82, 2.24) is 4.98 Å². The van der Waals surface area contributed by atoms with Gasteiger partial charge in [0.25, 0.3) is 0 Å². The molecule has 0 bridgehead atoms. The lowest BCUT2D eigenvalue weighted by atomic mass is 10.0. The molecule has 0 saturated carbocycles. The summed E-state index contributed by atoms with van der Waals surface area (Å²) in [7, 11) is 0. The summed E-state index contributed by atoms with van der Waals surface area (Å²) < 4.78 is 4.89. The Hall–Kier alpha value is -2.84. The molecule has 0 aliphatic rings. The Bertz CT molecular complexity index is 766. The van der Waals surface area contributed by atoms with Gasteiger partial charge in [0.05, 0.1) is 11.8 Å². The Kier molecular flexibility index (Phi) is 5.12. The van der Waals surface area contributed by atoms with Crippen molar-refractivity contribution in [3.05, 3.63) is 52.8 Å². The first-order chi connectivity index (χ1) is 10.7. The Morgan fingerprint density at radius 2 is 2.32 bits per heavy atom. The molecule has 1 aromatic carbocycles. The highest BCUT2D eigenvalue weighted by Crippen LogP contribution is 2.25. The molecule has 1 N–H and O–H groups in total. The molecule has 0 unspecified atom stereocenters. The fourth-order valence-corrected chi connectivity index (χ4v) is 2.02.